The largest absolute Gasteiger partial charge is 0.335 e. The molecule has 114 valence electrons. The Morgan fingerprint density at radius 2 is 2.10 bits per heavy atom. The van der Waals surface area contributed by atoms with Crippen molar-refractivity contribution in [1.29, 1.82) is 0 Å². The SMILES string of the molecule is Cc1cc(C)c2c(=O)[nH]n([C@H]3C[C@@H](C)[NH+](C)C[C@@H]3C)c2n1. The standard InChI is InChI=1S/C16H24N4O/c1-9-6-11(3)17-15-14(9)16(21)18-20(15)13-7-12(4)19(5)8-10(13)2/h6,10,12-13H,7-8H2,1-5H3,(H,18,21)/p+1/t10-,12+,13-/m0/s1. The van der Waals surface area contributed by atoms with E-state index in [4.69, 9.17) is 0 Å². The maximum Gasteiger partial charge on any atom is 0.273 e. The molecule has 3 heterocycles. The zero-order valence-corrected chi connectivity index (χ0v) is 13.5. The third-order valence-corrected chi connectivity index (χ3v) is 5.07. The summed E-state index contributed by atoms with van der Waals surface area (Å²) in [5, 5.41) is 3.79. The van der Waals surface area contributed by atoms with Gasteiger partial charge in [-0.15, -0.1) is 0 Å². The molecule has 0 spiro atoms. The third kappa shape index (κ3) is 2.29. The Kier molecular flexibility index (Phi) is 3.40. The number of likely N-dealkylation sites (tertiary alicyclic amines) is 1. The summed E-state index contributed by atoms with van der Waals surface area (Å²) in [5.74, 6) is 0.523. The summed E-state index contributed by atoms with van der Waals surface area (Å²) in [7, 11) is 2.25. The zero-order chi connectivity index (χ0) is 15.3. The van der Waals surface area contributed by atoms with Gasteiger partial charge in [0.2, 0.25) is 0 Å². The van der Waals surface area contributed by atoms with Gasteiger partial charge in [0.05, 0.1) is 31.1 Å². The first kappa shape index (κ1) is 14.3. The van der Waals surface area contributed by atoms with Crippen molar-refractivity contribution in [3.8, 4) is 0 Å². The van der Waals surface area contributed by atoms with Gasteiger partial charge in [0.15, 0.2) is 5.65 Å². The fraction of sp³-hybridized carbons (Fsp3) is 0.625. The van der Waals surface area contributed by atoms with Crippen LogP contribution in [0.2, 0.25) is 0 Å². The molecule has 1 aliphatic rings. The van der Waals surface area contributed by atoms with E-state index in [9.17, 15) is 4.79 Å². The van der Waals surface area contributed by atoms with Crippen LogP contribution in [0.4, 0.5) is 0 Å². The smallest absolute Gasteiger partial charge is 0.273 e. The van der Waals surface area contributed by atoms with Crippen LogP contribution in [-0.4, -0.2) is 34.4 Å². The molecule has 2 aromatic heterocycles. The van der Waals surface area contributed by atoms with Gasteiger partial charge in [0.1, 0.15) is 0 Å². The Hall–Kier alpha value is -1.62. The maximum absolute atomic E-state index is 12.3. The molecule has 1 fully saturated rings. The van der Waals surface area contributed by atoms with Gasteiger partial charge in [-0.1, -0.05) is 6.92 Å². The molecule has 0 amide bonds. The number of fused-ring (bicyclic) bond motifs is 1. The van der Waals surface area contributed by atoms with Gasteiger partial charge in [-0.05, 0) is 32.4 Å². The van der Waals surface area contributed by atoms with Crippen molar-refractivity contribution < 1.29 is 4.90 Å². The predicted octanol–water partition coefficient (Wildman–Crippen LogP) is 0.826. The molecule has 2 aromatic rings. The fourth-order valence-corrected chi connectivity index (χ4v) is 3.73. The van der Waals surface area contributed by atoms with Gasteiger partial charge >= 0.3 is 0 Å². The van der Waals surface area contributed by atoms with Crippen LogP contribution in [0.25, 0.3) is 11.0 Å². The quantitative estimate of drug-likeness (QED) is 0.817. The Morgan fingerprint density at radius 1 is 1.38 bits per heavy atom. The second kappa shape index (κ2) is 4.98. The second-order valence-electron chi connectivity index (χ2n) is 6.82. The first-order chi connectivity index (χ1) is 9.88. The summed E-state index contributed by atoms with van der Waals surface area (Å²) in [6.45, 7) is 9.65. The molecule has 0 saturated carbocycles. The van der Waals surface area contributed by atoms with Crippen molar-refractivity contribution in [3.05, 3.63) is 27.7 Å². The van der Waals surface area contributed by atoms with Crippen molar-refractivity contribution >= 4 is 11.0 Å². The van der Waals surface area contributed by atoms with E-state index in [2.05, 4.69) is 31.0 Å². The van der Waals surface area contributed by atoms with E-state index in [0.29, 0.717) is 18.0 Å². The molecule has 0 radical (unpaired) electrons. The van der Waals surface area contributed by atoms with E-state index in [-0.39, 0.29) is 5.56 Å². The Balaban J connectivity index is 2.15. The number of nitrogens with zero attached hydrogens (tertiary/aromatic N) is 2. The molecule has 2 N–H and O–H groups in total. The third-order valence-electron chi connectivity index (χ3n) is 5.07. The van der Waals surface area contributed by atoms with E-state index >= 15 is 0 Å². The topological polar surface area (TPSA) is 55.1 Å². The van der Waals surface area contributed by atoms with Crippen molar-refractivity contribution in [2.24, 2.45) is 5.92 Å². The Morgan fingerprint density at radius 3 is 2.81 bits per heavy atom. The first-order valence-electron chi connectivity index (χ1n) is 7.79. The van der Waals surface area contributed by atoms with Crippen molar-refractivity contribution in [1.82, 2.24) is 14.8 Å². The fourth-order valence-electron chi connectivity index (χ4n) is 3.73. The lowest BCUT2D eigenvalue weighted by atomic mass is 9.90. The molecular weight excluding hydrogens is 264 g/mol. The average Bonchev–Trinajstić information content (AvgIpc) is 2.71. The number of piperidine rings is 1. The minimum Gasteiger partial charge on any atom is -0.335 e. The highest BCUT2D eigenvalue weighted by Crippen LogP contribution is 2.27. The number of nitrogens with one attached hydrogen (secondary N) is 2. The molecule has 1 saturated heterocycles. The second-order valence-corrected chi connectivity index (χ2v) is 6.82. The van der Waals surface area contributed by atoms with E-state index in [1.54, 1.807) is 4.90 Å². The van der Waals surface area contributed by atoms with Crippen LogP contribution in [-0.2, 0) is 0 Å². The highest BCUT2D eigenvalue weighted by Gasteiger charge is 2.34. The summed E-state index contributed by atoms with van der Waals surface area (Å²) in [4.78, 5) is 18.5. The molecule has 3 rings (SSSR count). The maximum atomic E-state index is 12.3. The minimum atomic E-state index is -0.0128. The Bertz CT molecular complexity index is 730. The average molecular weight is 289 g/mol. The molecule has 0 aliphatic carbocycles. The number of aromatic nitrogens is 3. The number of hydrogen-bond acceptors (Lipinski definition) is 2. The van der Waals surface area contributed by atoms with Gasteiger partial charge in [0, 0.05) is 18.0 Å². The molecule has 4 atom stereocenters. The summed E-state index contributed by atoms with van der Waals surface area (Å²) in [5.41, 5.74) is 2.78. The normalized spacial score (nSPS) is 30.0. The Labute approximate surface area is 125 Å². The monoisotopic (exact) mass is 289 g/mol. The van der Waals surface area contributed by atoms with Crippen molar-refractivity contribution in [2.75, 3.05) is 13.6 Å². The van der Waals surface area contributed by atoms with Gasteiger partial charge in [0.25, 0.3) is 5.56 Å². The molecule has 0 bridgehead atoms. The molecular formula is C16H25N4O+. The van der Waals surface area contributed by atoms with E-state index in [1.807, 2.05) is 24.6 Å². The number of aromatic amines is 1. The van der Waals surface area contributed by atoms with Crippen LogP contribution in [0.15, 0.2) is 10.9 Å². The van der Waals surface area contributed by atoms with Crippen molar-refractivity contribution in [3.63, 3.8) is 0 Å². The first-order valence-corrected chi connectivity index (χ1v) is 7.79. The molecule has 1 unspecified atom stereocenters. The number of pyridine rings is 1. The molecule has 0 aromatic carbocycles. The highest BCUT2D eigenvalue weighted by molar-refractivity contribution is 5.78. The lowest BCUT2D eigenvalue weighted by Crippen LogP contribution is -3.14. The number of quaternary nitrogens is 1. The molecule has 5 heteroatoms. The number of H-pyrrole nitrogens is 1. The molecule has 5 nitrogen and oxygen atoms in total. The highest BCUT2D eigenvalue weighted by atomic mass is 16.1. The number of aryl methyl sites for hydroxylation is 2. The van der Waals surface area contributed by atoms with Gasteiger partial charge in [-0.3, -0.25) is 14.6 Å². The predicted molar refractivity (Wildman–Crippen MR) is 83.9 cm³/mol. The minimum absolute atomic E-state index is 0.0128. The summed E-state index contributed by atoms with van der Waals surface area (Å²) in [6.07, 6.45) is 1.07. The van der Waals surface area contributed by atoms with E-state index in [0.717, 1.165) is 35.3 Å². The summed E-state index contributed by atoms with van der Waals surface area (Å²) >= 11 is 0. The van der Waals surface area contributed by atoms with Crippen LogP contribution in [0.1, 0.15) is 37.6 Å². The van der Waals surface area contributed by atoms with Crippen LogP contribution in [0.3, 0.4) is 0 Å². The lowest BCUT2D eigenvalue weighted by molar-refractivity contribution is -0.914. The van der Waals surface area contributed by atoms with Gasteiger partial charge < -0.3 is 4.90 Å². The van der Waals surface area contributed by atoms with Gasteiger partial charge in [-0.2, -0.15) is 0 Å². The number of hydrogen-bond donors (Lipinski definition) is 2. The van der Waals surface area contributed by atoms with E-state index in [1.165, 1.54) is 0 Å². The lowest BCUT2D eigenvalue weighted by Gasteiger charge is -2.37. The van der Waals surface area contributed by atoms with Gasteiger partial charge in [-0.25, -0.2) is 4.98 Å². The molecule has 1 aliphatic heterocycles. The van der Waals surface area contributed by atoms with Crippen LogP contribution < -0.4 is 10.5 Å². The van der Waals surface area contributed by atoms with Crippen LogP contribution in [0.5, 0.6) is 0 Å². The zero-order valence-electron chi connectivity index (χ0n) is 13.5. The number of rotatable bonds is 1. The van der Waals surface area contributed by atoms with Crippen molar-refractivity contribution in [2.45, 2.75) is 46.2 Å². The van der Waals surface area contributed by atoms with E-state index < -0.39 is 0 Å². The molecule has 21 heavy (non-hydrogen) atoms. The summed E-state index contributed by atoms with van der Waals surface area (Å²) in [6, 6.07) is 2.90. The summed E-state index contributed by atoms with van der Waals surface area (Å²) < 4.78 is 2.03. The van der Waals surface area contributed by atoms with Crippen LogP contribution >= 0.6 is 0 Å². The van der Waals surface area contributed by atoms with Crippen LogP contribution in [0, 0.1) is 19.8 Å².